The Kier molecular flexibility index (Phi) is 5.87. The zero-order valence-electron chi connectivity index (χ0n) is 20.4. The predicted octanol–water partition coefficient (Wildman–Crippen LogP) is 6.57. The predicted molar refractivity (Wildman–Crippen MR) is 150 cm³/mol. The lowest BCUT2D eigenvalue weighted by molar-refractivity contribution is 0.414. The molecule has 0 spiro atoms. The number of nitrogens with zero attached hydrogens (tertiary/aromatic N) is 3. The van der Waals surface area contributed by atoms with Gasteiger partial charge in [0.1, 0.15) is 11.6 Å². The molecule has 5 heteroatoms. The minimum atomic E-state index is -0.109. The normalized spacial score (nSPS) is 11.5. The van der Waals surface area contributed by atoms with E-state index in [0.717, 1.165) is 34.4 Å². The quantitative estimate of drug-likeness (QED) is 0.269. The van der Waals surface area contributed by atoms with Crippen LogP contribution in [-0.2, 0) is 6.54 Å². The Balaban J connectivity index is 1.48. The van der Waals surface area contributed by atoms with Crippen LogP contribution in [0.1, 0.15) is 17.0 Å². The minimum Gasteiger partial charge on any atom is -0.497 e. The SMILES string of the molecule is COc1ccc(-n2c(/C=C/c3cn(Cc4ccccc4)c4ccccc34)nc3ccccc3c2=O)cc1. The summed E-state index contributed by atoms with van der Waals surface area (Å²) in [6.07, 6.45) is 6.12. The number of methoxy groups -OCH3 is 1. The molecule has 0 saturated heterocycles. The molecule has 6 aromatic rings. The molecular formula is C32H25N3O2. The summed E-state index contributed by atoms with van der Waals surface area (Å²) < 4.78 is 9.22. The van der Waals surface area contributed by atoms with Crippen molar-refractivity contribution in [1.82, 2.24) is 14.1 Å². The number of aromatic nitrogens is 3. The van der Waals surface area contributed by atoms with Crippen LogP contribution in [0.5, 0.6) is 5.75 Å². The first-order chi connectivity index (χ1) is 18.2. The van der Waals surface area contributed by atoms with E-state index in [0.29, 0.717) is 16.7 Å². The van der Waals surface area contributed by atoms with Crippen LogP contribution in [0.4, 0.5) is 0 Å². The molecule has 180 valence electrons. The van der Waals surface area contributed by atoms with Gasteiger partial charge in [0.2, 0.25) is 0 Å². The zero-order chi connectivity index (χ0) is 25.2. The Morgan fingerprint density at radius 2 is 1.49 bits per heavy atom. The summed E-state index contributed by atoms with van der Waals surface area (Å²) in [6.45, 7) is 0.778. The van der Waals surface area contributed by atoms with E-state index in [1.165, 1.54) is 5.56 Å². The number of benzene rings is 4. The Bertz CT molecular complexity index is 1800. The van der Waals surface area contributed by atoms with E-state index >= 15 is 0 Å². The molecule has 5 nitrogen and oxygen atoms in total. The average molecular weight is 484 g/mol. The van der Waals surface area contributed by atoms with Crippen molar-refractivity contribution in [1.29, 1.82) is 0 Å². The van der Waals surface area contributed by atoms with Crippen molar-refractivity contribution >= 4 is 34.0 Å². The van der Waals surface area contributed by atoms with Crippen LogP contribution in [0.15, 0.2) is 114 Å². The van der Waals surface area contributed by atoms with Gasteiger partial charge in [-0.2, -0.15) is 0 Å². The monoisotopic (exact) mass is 483 g/mol. The maximum atomic E-state index is 13.6. The Labute approximate surface area is 214 Å². The van der Waals surface area contributed by atoms with Crippen molar-refractivity contribution in [2.24, 2.45) is 0 Å². The summed E-state index contributed by atoms with van der Waals surface area (Å²) in [6, 6.07) is 33.7. The number of para-hydroxylation sites is 2. The summed E-state index contributed by atoms with van der Waals surface area (Å²) >= 11 is 0. The summed E-state index contributed by atoms with van der Waals surface area (Å²) in [7, 11) is 1.63. The van der Waals surface area contributed by atoms with Crippen LogP contribution in [0.2, 0.25) is 0 Å². The largest absolute Gasteiger partial charge is 0.497 e. The third-order valence-corrected chi connectivity index (χ3v) is 6.56. The molecule has 0 unspecified atom stereocenters. The summed E-state index contributed by atoms with van der Waals surface area (Å²) in [5, 5.41) is 1.73. The molecule has 2 heterocycles. The number of fused-ring (bicyclic) bond motifs is 2. The van der Waals surface area contributed by atoms with E-state index in [4.69, 9.17) is 9.72 Å². The van der Waals surface area contributed by atoms with Gasteiger partial charge in [-0.25, -0.2) is 4.98 Å². The Morgan fingerprint density at radius 3 is 2.27 bits per heavy atom. The van der Waals surface area contributed by atoms with Gasteiger partial charge in [0.15, 0.2) is 0 Å². The number of hydrogen-bond donors (Lipinski definition) is 0. The number of ether oxygens (including phenoxy) is 1. The van der Waals surface area contributed by atoms with Gasteiger partial charge < -0.3 is 9.30 Å². The molecule has 37 heavy (non-hydrogen) atoms. The third kappa shape index (κ3) is 4.32. The molecule has 0 amide bonds. The second-order valence-electron chi connectivity index (χ2n) is 8.87. The van der Waals surface area contributed by atoms with E-state index in [2.05, 4.69) is 53.2 Å². The summed E-state index contributed by atoms with van der Waals surface area (Å²) in [5.74, 6) is 1.29. The first-order valence-corrected chi connectivity index (χ1v) is 12.2. The van der Waals surface area contributed by atoms with Crippen molar-refractivity contribution in [3.8, 4) is 11.4 Å². The van der Waals surface area contributed by atoms with Crippen molar-refractivity contribution in [3.63, 3.8) is 0 Å². The highest BCUT2D eigenvalue weighted by Gasteiger charge is 2.12. The number of hydrogen-bond acceptors (Lipinski definition) is 3. The average Bonchev–Trinajstić information content (AvgIpc) is 3.30. The first-order valence-electron chi connectivity index (χ1n) is 12.2. The molecule has 6 rings (SSSR count). The van der Waals surface area contributed by atoms with Crippen LogP contribution in [-0.4, -0.2) is 21.2 Å². The van der Waals surface area contributed by atoms with Crippen molar-refractivity contribution in [3.05, 3.63) is 137 Å². The van der Waals surface area contributed by atoms with Crippen molar-refractivity contribution in [2.75, 3.05) is 7.11 Å². The second-order valence-corrected chi connectivity index (χ2v) is 8.87. The zero-order valence-corrected chi connectivity index (χ0v) is 20.4. The first kappa shape index (κ1) is 22.6. The molecule has 0 fully saturated rings. The van der Waals surface area contributed by atoms with Crippen LogP contribution in [0.3, 0.4) is 0 Å². The molecule has 2 aromatic heterocycles. The van der Waals surface area contributed by atoms with Gasteiger partial charge in [-0.1, -0.05) is 60.7 Å². The van der Waals surface area contributed by atoms with Gasteiger partial charge in [-0.15, -0.1) is 0 Å². The maximum Gasteiger partial charge on any atom is 0.266 e. The fourth-order valence-corrected chi connectivity index (χ4v) is 4.73. The maximum absolute atomic E-state index is 13.6. The van der Waals surface area contributed by atoms with Gasteiger partial charge in [0, 0.05) is 29.2 Å². The van der Waals surface area contributed by atoms with Gasteiger partial charge >= 0.3 is 0 Å². The van der Waals surface area contributed by atoms with Gasteiger partial charge in [0.05, 0.1) is 23.7 Å². The second kappa shape index (κ2) is 9.63. The summed E-state index contributed by atoms with van der Waals surface area (Å²) in [5.41, 5.74) is 4.75. The lowest BCUT2D eigenvalue weighted by atomic mass is 10.1. The van der Waals surface area contributed by atoms with Gasteiger partial charge in [0.25, 0.3) is 5.56 Å². The molecule has 0 aliphatic rings. The van der Waals surface area contributed by atoms with E-state index in [-0.39, 0.29) is 5.56 Å². The molecular weight excluding hydrogens is 458 g/mol. The van der Waals surface area contributed by atoms with Crippen molar-refractivity contribution in [2.45, 2.75) is 6.54 Å². The van der Waals surface area contributed by atoms with E-state index in [1.54, 1.807) is 11.7 Å². The number of rotatable bonds is 6. The molecule has 0 aliphatic heterocycles. The van der Waals surface area contributed by atoms with Crippen molar-refractivity contribution < 1.29 is 4.74 Å². The molecule has 0 bridgehead atoms. The smallest absolute Gasteiger partial charge is 0.266 e. The Hall–Kier alpha value is -4.90. The third-order valence-electron chi connectivity index (χ3n) is 6.56. The van der Waals surface area contributed by atoms with Crippen LogP contribution < -0.4 is 10.3 Å². The van der Waals surface area contributed by atoms with E-state index in [9.17, 15) is 4.79 Å². The fourth-order valence-electron chi connectivity index (χ4n) is 4.73. The molecule has 0 atom stereocenters. The van der Waals surface area contributed by atoms with Crippen LogP contribution in [0, 0.1) is 0 Å². The highest BCUT2D eigenvalue weighted by atomic mass is 16.5. The lowest BCUT2D eigenvalue weighted by Gasteiger charge is -2.12. The van der Waals surface area contributed by atoms with E-state index in [1.807, 2.05) is 72.8 Å². The molecule has 0 aliphatic carbocycles. The Morgan fingerprint density at radius 1 is 0.784 bits per heavy atom. The fraction of sp³-hybridized carbons (Fsp3) is 0.0625. The highest BCUT2D eigenvalue weighted by Crippen LogP contribution is 2.25. The van der Waals surface area contributed by atoms with Crippen LogP contribution >= 0.6 is 0 Å². The molecule has 4 aromatic carbocycles. The van der Waals surface area contributed by atoms with Crippen LogP contribution in [0.25, 0.3) is 39.6 Å². The molecule has 0 N–H and O–H groups in total. The molecule has 0 radical (unpaired) electrons. The lowest BCUT2D eigenvalue weighted by Crippen LogP contribution is -2.22. The topological polar surface area (TPSA) is 49.0 Å². The minimum absolute atomic E-state index is 0.109. The molecule has 0 saturated carbocycles. The van der Waals surface area contributed by atoms with E-state index < -0.39 is 0 Å². The van der Waals surface area contributed by atoms with Gasteiger partial charge in [-0.05, 0) is 60.2 Å². The highest BCUT2D eigenvalue weighted by molar-refractivity contribution is 5.92. The summed E-state index contributed by atoms with van der Waals surface area (Å²) in [4.78, 5) is 18.5. The van der Waals surface area contributed by atoms with Gasteiger partial charge in [-0.3, -0.25) is 9.36 Å². The standard InChI is InChI=1S/C32H25N3O2/c1-37-26-18-16-25(17-19-26)35-31(33-29-13-7-5-12-28(29)32(35)36)20-15-24-22-34(21-23-9-3-2-4-10-23)30-14-8-6-11-27(24)30/h2-20,22H,21H2,1H3/b20-15+.